The molecule has 22 heavy (non-hydrogen) atoms. The normalized spacial score (nSPS) is 17.4. The van der Waals surface area contributed by atoms with E-state index in [0.717, 1.165) is 11.2 Å². The predicted molar refractivity (Wildman–Crippen MR) is 93.8 cm³/mol. The molecule has 0 spiro atoms. The van der Waals surface area contributed by atoms with E-state index in [1.54, 1.807) is 23.9 Å². The van der Waals surface area contributed by atoms with Gasteiger partial charge in [0.05, 0.1) is 0 Å². The Labute approximate surface area is 142 Å². The zero-order chi connectivity index (χ0) is 15.5. The average Bonchev–Trinajstić information content (AvgIpc) is 2.47. The van der Waals surface area contributed by atoms with E-state index in [0.29, 0.717) is 31.6 Å². The number of hydrogen-bond donors (Lipinski definition) is 2. The lowest BCUT2D eigenvalue weighted by molar-refractivity contribution is -0.119. The van der Waals surface area contributed by atoms with Crippen LogP contribution < -0.4 is 10.6 Å². The third kappa shape index (κ3) is 3.95. The number of hydrogen-bond acceptors (Lipinski definition) is 5. The van der Waals surface area contributed by atoms with Crippen LogP contribution in [0.15, 0.2) is 29.2 Å². The summed E-state index contributed by atoms with van der Waals surface area (Å²) in [5.74, 6) is -0.427. The van der Waals surface area contributed by atoms with Crippen LogP contribution in [0, 0.1) is 0 Å². The predicted octanol–water partition coefficient (Wildman–Crippen LogP) is 1.94. The summed E-state index contributed by atoms with van der Waals surface area (Å²) >= 11 is 1.61. The minimum Gasteiger partial charge on any atom is -0.325 e. The van der Waals surface area contributed by atoms with Crippen molar-refractivity contribution < 1.29 is 13.2 Å². The maximum atomic E-state index is 12.6. The zero-order valence-electron chi connectivity index (χ0n) is 12.6. The molecule has 0 unspecified atom stereocenters. The van der Waals surface area contributed by atoms with Crippen LogP contribution in [-0.4, -0.2) is 44.7 Å². The standard InChI is InChI=1S/C14H20N2O3S2.ClH/c1-20-12-5-3-11(4-6-12)16-13(17)14(21(2,18)19)7-9-15-10-8-14;/h3-6,15H,7-10H2,1-2H3,(H,16,17);1H. The lowest BCUT2D eigenvalue weighted by atomic mass is 9.95. The highest BCUT2D eigenvalue weighted by atomic mass is 35.5. The molecular formula is C14H21ClN2O3S2. The molecule has 8 heteroatoms. The van der Waals surface area contributed by atoms with Crippen molar-refractivity contribution in [1.82, 2.24) is 5.32 Å². The molecular weight excluding hydrogens is 344 g/mol. The fourth-order valence-electron chi connectivity index (χ4n) is 2.52. The van der Waals surface area contributed by atoms with Crippen LogP contribution in [-0.2, 0) is 14.6 Å². The van der Waals surface area contributed by atoms with Gasteiger partial charge in [-0.1, -0.05) is 0 Å². The van der Waals surface area contributed by atoms with Crippen molar-refractivity contribution in [2.45, 2.75) is 22.5 Å². The lowest BCUT2D eigenvalue weighted by Crippen LogP contribution is -2.55. The molecule has 1 saturated heterocycles. The van der Waals surface area contributed by atoms with Crippen LogP contribution in [0.5, 0.6) is 0 Å². The molecule has 1 aliphatic heterocycles. The summed E-state index contributed by atoms with van der Waals surface area (Å²) in [6, 6.07) is 7.38. The number of piperidine rings is 1. The number of nitrogens with one attached hydrogen (secondary N) is 2. The van der Waals surface area contributed by atoms with Gasteiger partial charge in [0.1, 0.15) is 0 Å². The lowest BCUT2D eigenvalue weighted by Gasteiger charge is -2.34. The fraction of sp³-hybridized carbons (Fsp3) is 0.500. The Morgan fingerprint density at radius 2 is 1.77 bits per heavy atom. The van der Waals surface area contributed by atoms with Gasteiger partial charge < -0.3 is 10.6 Å². The Morgan fingerprint density at radius 1 is 1.23 bits per heavy atom. The molecule has 1 aromatic carbocycles. The Bertz CT molecular complexity index is 611. The van der Waals surface area contributed by atoms with Crippen LogP contribution in [0.25, 0.3) is 0 Å². The van der Waals surface area contributed by atoms with Gasteiger partial charge in [-0.3, -0.25) is 4.79 Å². The minimum absolute atomic E-state index is 0. The molecule has 1 aromatic rings. The van der Waals surface area contributed by atoms with Crippen molar-refractivity contribution in [2.24, 2.45) is 0 Å². The number of carbonyl (C=O) groups is 1. The topological polar surface area (TPSA) is 75.3 Å². The summed E-state index contributed by atoms with van der Waals surface area (Å²) in [5, 5.41) is 5.85. The second-order valence-corrected chi connectivity index (χ2v) is 8.40. The van der Waals surface area contributed by atoms with Gasteiger partial charge in [-0.25, -0.2) is 8.42 Å². The van der Waals surface area contributed by atoms with Crippen molar-refractivity contribution in [3.05, 3.63) is 24.3 Å². The minimum atomic E-state index is -3.48. The molecule has 2 N–H and O–H groups in total. The van der Waals surface area contributed by atoms with E-state index in [2.05, 4.69) is 10.6 Å². The van der Waals surface area contributed by atoms with E-state index in [-0.39, 0.29) is 12.4 Å². The van der Waals surface area contributed by atoms with Crippen molar-refractivity contribution in [2.75, 3.05) is 30.9 Å². The molecule has 0 bridgehead atoms. The van der Waals surface area contributed by atoms with Gasteiger partial charge in [0.2, 0.25) is 5.91 Å². The first-order valence-corrected chi connectivity index (χ1v) is 9.86. The Hall–Kier alpha value is -0.760. The van der Waals surface area contributed by atoms with E-state index in [4.69, 9.17) is 0 Å². The molecule has 0 saturated carbocycles. The number of halogens is 1. The van der Waals surface area contributed by atoms with Gasteiger partial charge >= 0.3 is 0 Å². The number of benzene rings is 1. The Kier molecular flexibility index (Phi) is 6.73. The number of rotatable bonds is 4. The summed E-state index contributed by atoms with van der Waals surface area (Å²) in [4.78, 5) is 13.7. The van der Waals surface area contributed by atoms with Gasteiger partial charge in [0.15, 0.2) is 14.6 Å². The van der Waals surface area contributed by atoms with Crippen molar-refractivity contribution in [3.63, 3.8) is 0 Å². The third-order valence-corrected chi connectivity index (χ3v) is 6.64. The molecule has 0 atom stereocenters. The Morgan fingerprint density at radius 3 is 2.23 bits per heavy atom. The smallest absolute Gasteiger partial charge is 0.245 e. The molecule has 0 aromatic heterocycles. The Balaban J connectivity index is 0.00000242. The molecule has 1 fully saturated rings. The molecule has 1 aliphatic rings. The first-order chi connectivity index (χ1) is 9.89. The number of thioether (sulfide) groups is 1. The van der Waals surface area contributed by atoms with Crippen molar-refractivity contribution >= 4 is 45.6 Å². The van der Waals surface area contributed by atoms with Crippen molar-refractivity contribution in [3.8, 4) is 0 Å². The SMILES string of the molecule is CSc1ccc(NC(=O)C2(S(C)(=O)=O)CCNCC2)cc1.Cl. The second-order valence-electron chi connectivity index (χ2n) is 5.20. The average molecular weight is 365 g/mol. The summed E-state index contributed by atoms with van der Waals surface area (Å²) in [6.45, 7) is 1.07. The maximum absolute atomic E-state index is 12.6. The van der Waals surface area contributed by atoms with E-state index in [1.807, 2.05) is 18.4 Å². The summed E-state index contributed by atoms with van der Waals surface area (Å²) in [6.07, 6.45) is 3.73. The number of anilines is 1. The molecule has 2 rings (SSSR count). The summed E-state index contributed by atoms with van der Waals surface area (Å²) in [7, 11) is -3.48. The molecule has 5 nitrogen and oxygen atoms in total. The largest absolute Gasteiger partial charge is 0.325 e. The van der Waals surface area contributed by atoms with Gasteiger partial charge in [-0.15, -0.1) is 24.2 Å². The molecule has 0 radical (unpaired) electrons. The maximum Gasteiger partial charge on any atom is 0.245 e. The zero-order valence-corrected chi connectivity index (χ0v) is 15.0. The molecule has 124 valence electrons. The van der Waals surface area contributed by atoms with E-state index in [1.165, 1.54) is 0 Å². The van der Waals surface area contributed by atoms with Crippen LogP contribution in [0.2, 0.25) is 0 Å². The van der Waals surface area contributed by atoms with Crippen LogP contribution in [0.4, 0.5) is 5.69 Å². The number of sulfone groups is 1. The second kappa shape index (κ2) is 7.68. The summed E-state index contributed by atoms with van der Waals surface area (Å²) < 4.78 is 23.0. The van der Waals surface area contributed by atoms with Gasteiger partial charge in [0.25, 0.3) is 0 Å². The first-order valence-electron chi connectivity index (χ1n) is 6.75. The molecule has 0 aliphatic carbocycles. The van der Waals surface area contributed by atoms with Gasteiger partial charge in [-0.05, 0) is 56.5 Å². The number of carbonyl (C=O) groups excluding carboxylic acids is 1. The summed E-state index contributed by atoms with van der Waals surface area (Å²) in [5.41, 5.74) is 0.624. The highest BCUT2D eigenvalue weighted by molar-refractivity contribution is 7.98. The van der Waals surface area contributed by atoms with Gasteiger partial charge in [-0.2, -0.15) is 0 Å². The van der Waals surface area contributed by atoms with E-state index in [9.17, 15) is 13.2 Å². The van der Waals surface area contributed by atoms with Crippen LogP contribution in [0.3, 0.4) is 0 Å². The molecule has 1 heterocycles. The monoisotopic (exact) mass is 364 g/mol. The van der Waals surface area contributed by atoms with Gasteiger partial charge in [0, 0.05) is 16.8 Å². The van der Waals surface area contributed by atoms with Crippen LogP contribution >= 0.6 is 24.2 Å². The quantitative estimate of drug-likeness (QED) is 0.798. The van der Waals surface area contributed by atoms with E-state index >= 15 is 0 Å². The highest BCUT2D eigenvalue weighted by Gasteiger charge is 2.48. The van der Waals surface area contributed by atoms with Crippen LogP contribution in [0.1, 0.15) is 12.8 Å². The van der Waals surface area contributed by atoms with Crippen molar-refractivity contribution in [1.29, 1.82) is 0 Å². The highest BCUT2D eigenvalue weighted by Crippen LogP contribution is 2.29. The number of amides is 1. The fourth-order valence-corrected chi connectivity index (χ4v) is 4.26. The van der Waals surface area contributed by atoms with E-state index < -0.39 is 20.5 Å². The first kappa shape index (κ1) is 19.3. The third-order valence-electron chi connectivity index (χ3n) is 3.88. The molecule has 1 amide bonds.